The van der Waals surface area contributed by atoms with Crippen LogP contribution < -0.4 is 5.32 Å². The maximum absolute atomic E-state index is 13.3. The van der Waals surface area contributed by atoms with E-state index in [4.69, 9.17) is 0 Å². The fraction of sp³-hybridized carbons (Fsp3) is 0.261. The molecule has 2 amide bonds. The average Bonchev–Trinajstić information content (AvgIpc) is 3.13. The summed E-state index contributed by atoms with van der Waals surface area (Å²) in [6.45, 7) is 4.84. The SMILES string of the molecule is CCc1ccccc1NC(=O)N1Cc2ccccc2-n2cccc2[C@H]1CC. The van der Waals surface area contributed by atoms with Gasteiger partial charge in [-0.05, 0) is 48.2 Å². The van der Waals surface area contributed by atoms with Crippen LogP contribution in [0.5, 0.6) is 0 Å². The highest BCUT2D eigenvalue weighted by Gasteiger charge is 2.30. The van der Waals surface area contributed by atoms with Crippen LogP contribution in [0.25, 0.3) is 5.69 Å². The number of fused-ring (bicyclic) bond motifs is 3. The van der Waals surface area contributed by atoms with Crippen LogP contribution in [0, 0.1) is 0 Å². The molecule has 0 bridgehead atoms. The molecule has 0 aliphatic carbocycles. The molecular formula is C23H25N3O. The predicted octanol–water partition coefficient (Wildman–Crippen LogP) is 5.54. The lowest BCUT2D eigenvalue weighted by Gasteiger charge is -2.30. The number of hydrogen-bond donors (Lipinski definition) is 1. The molecule has 27 heavy (non-hydrogen) atoms. The first-order valence-electron chi connectivity index (χ1n) is 9.64. The van der Waals surface area contributed by atoms with Crippen LogP contribution in [0.3, 0.4) is 0 Å². The molecule has 4 rings (SSSR count). The molecule has 4 heteroatoms. The van der Waals surface area contributed by atoms with Gasteiger partial charge in [0.15, 0.2) is 0 Å². The van der Waals surface area contributed by atoms with E-state index in [0.29, 0.717) is 6.54 Å². The summed E-state index contributed by atoms with van der Waals surface area (Å²) in [4.78, 5) is 15.3. The number of carbonyl (C=O) groups is 1. The number of nitrogens with one attached hydrogen (secondary N) is 1. The Balaban J connectivity index is 1.73. The number of aryl methyl sites for hydroxylation is 1. The largest absolute Gasteiger partial charge is 0.322 e. The number of amides is 2. The predicted molar refractivity (Wildman–Crippen MR) is 109 cm³/mol. The lowest BCUT2D eigenvalue weighted by atomic mass is 10.1. The second-order valence-corrected chi connectivity index (χ2v) is 6.92. The van der Waals surface area contributed by atoms with Crippen LogP contribution in [0.15, 0.2) is 66.9 Å². The first-order valence-corrected chi connectivity index (χ1v) is 9.64. The smallest absolute Gasteiger partial charge is 0.318 e. The second-order valence-electron chi connectivity index (χ2n) is 6.92. The molecule has 4 nitrogen and oxygen atoms in total. The molecule has 0 spiro atoms. The van der Waals surface area contributed by atoms with E-state index >= 15 is 0 Å². The van der Waals surface area contributed by atoms with Gasteiger partial charge in [0.2, 0.25) is 0 Å². The van der Waals surface area contributed by atoms with E-state index in [1.54, 1.807) is 0 Å². The second kappa shape index (κ2) is 7.31. The summed E-state index contributed by atoms with van der Waals surface area (Å²) >= 11 is 0. The number of para-hydroxylation sites is 2. The highest BCUT2D eigenvalue weighted by atomic mass is 16.2. The fourth-order valence-electron chi connectivity index (χ4n) is 4.00. The Hall–Kier alpha value is -3.01. The van der Waals surface area contributed by atoms with Crippen molar-refractivity contribution < 1.29 is 4.79 Å². The van der Waals surface area contributed by atoms with Gasteiger partial charge in [0.05, 0.1) is 18.3 Å². The van der Waals surface area contributed by atoms with Crippen LogP contribution in [0.4, 0.5) is 10.5 Å². The molecule has 2 aromatic carbocycles. The van der Waals surface area contributed by atoms with Crippen molar-refractivity contribution in [2.75, 3.05) is 5.32 Å². The number of nitrogens with zero attached hydrogens (tertiary/aromatic N) is 2. The molecule has 0 saturated heterocycles. The number of carbonyl (C=O) groups excluding carboxylic acids is 1. The van der Waals surface area contributed by atoms with E-state index in [1.807, 2.05) is 29.2 Å². The molecule has 0 unspecified atom stereocenters. The molecule has 0 radical (unpaired) electrons. The van der Waals surface area contributed by atoms with E-state index in [2.05, 4.69) is 66.3 Å². The summed E-state index contributed by atoms with van der Waals surface area (Å²) in [5, 5.41) is 3.15. The van der Waals surface area contributed by atoms with Gasteiger partial charge >= 0.3 is 6.03 Å². The van der Waals surface area contributed by atoms with Gasteiger partial charge < -0.3 is 14.8 Å². The molecule has 138 valence electrons. The van der Waals surface area contributed by atoms with Gasteiger partial charge in [0.25, 0.3) is 0 Å². The third-order valence-corrected chi connectivity index (χ3v) is 5.38. The van der Waals surface area contributed by atoms with Crippen LogP contribution in [-0.4, -0.2) is 15.5 Å². The topological polar surface area (TPSA) is 37.3 Å². The molecule has 1 aromatic heterocycles. The van der Waals surface area contributed by atoms with Gasteiger partial charge in [-0.15, -0.1) is 0 Å². The molecule has 0 fully saturated rings. The van der Waals surface area contributed by atoms with Gasteiger partial charge in [0.1, 0.15) is 0 Å². The third kappa shape index (κ3) is 3.12. The van der Waals surface area contributed by atoms with Crippen molar-refractivity contribution in [3.63, 3.8) is 0 Å². The van der Waals surface area contributed by atoms with Crippen molar-refractivity contribution in [2.45, 2.75) is 39.3 Å². The minimum Gasteiger partial charge on any atom is -0.318 e. The number of benzene rings is 2. The van der Waals surface area contributed by atoms with Crippen molar-refractivity contribution in [1.29, 1.82) is 0 Å². The van der Waals surface area contributed by atoms with Crippen LogP contribution in [0.1, 0.15) is 43.1 Å². The lowest BCUT2D eigenvalue weighted by Crippen LogP contribution is -2.37. The molecule has 1 aliphatic heterocycles. The monoisotopic (exact) mass is 359 g/mol. The van der Waals surface area contributed by atoms with E-state index < -0.39 is 0 Å². The Morgan fingerprint density at radius 1 is 1.04 bits per heavy atom. The summed E-state index contributed by atoms with van der Waals surface area (Å²) in [5.41, 5.74) is 5.51. The van der Waals surface area contributed by atoms with Crippen molar-refractivity contribution in [3.05, 3.63) is 83.7 Å². The summed E-state index contributed by atoms with van der Waals surface area (Å²) in [7, 11) is 0. The normalized spacial score (nSPS) is 15.6. The van der Waals surface area contributed by atoms with Crippen molar-refractivity contribution in [1.82, 2.24) is 9.47 Å². The first-order chi connectivity index (χ1) is 13.2. The Bertz CT molecular complexity index is 960. The first kappa shape index (κ1) is 17.4. The van der Waals surface area contributed by atoms with Gasteiger partial charge in [-0.25, -0.2) is 4.79 Å². The number of aromatic nitrogens is 1. The Morgan fingerprint density at radius 3 is 2.63 bits per heavy atom. The maximum Gasteiger partial charge on any atom is 0.322 e. The lowest BCUT2D eigenvalue weighted by molar-refractivity contribution is 0.181. The third-order valence-electron chi connectivity index (χ3n) is 5.38. The number of hydrogen-bond acceptors (Lipinski definition) is 1. The molecule has 1 atom stereocenters. The zero-order valence-corrected chi connectivity index (χ0v) is 15.9. The van der Waals surface area contributed by atoms with Crippen molar-refractivity contribution in [2.24, 2.45) is 0 Å². The summed E-state index contributed by atoms with van der Waals surface area (Å²) in [6, 6.07) is 20.5. The van der Waals surface area contributed by atoms with Gasteiger partial charge in [-0.3, -0.25) is 0 Å². The molecular weight excluding hydrogens is 334 g/mol. The van der Waals surface area contributed by atoms with E-state index in [9.17, 15) is 4.79 Å². The summed E-state index contributed by atoms with van der Waals surface area (Å²) in [6.07, 6.45) is 3.84. The maximum atomic E-state index is 13.3. The van der Waals surface area contributed by atoms with E-state index in [1.165, 1.54) is 0 Å². The van der Waals surface area contributed by atoms with Crippen molar-refractivity contribution in [3.8, 4) is 5.69 Å². The summed E-state index contributed by atoms with van der Waals surface area (Å²) < 4.78 is 2.22. The quantitative estimate of drug-likeness (QED) is 0.655. The van der Waals surface area contributed by atoms with E-state index in [0.717, 1.165) is 41.0 Å². The van der Waals surface area contributed by atoms with Gasteiger partial charge in [-0.2, -0.15) is 0 Å². The van der Waals surface area contributed by atoms with Crippen molar-refractivity contribution >= 4 is 11.7 Å². The molecule has 1 aliphatic rings. The molecule has 1 N–H and O–H groups in total. The van der Waals surface area contributed by atoms with Gasteiger partial charge in [-0.1, -0.05) is 50.2 Å². The average molecular weight is 359 g/mol. The van der Waals surface area contributed by atoms with Gasteiger partial charge in [0, 0.05) is 17.6 Å². The number of rotatable bonds is 3. The summed E-state index contributed by atoms with van der Waals surface area (Å²) in [5.74, 6) is 0. The Labute approximate surface area is 160 Å². The van der Waals surface area contributed by atoms with Crippen LogP contribution >= 0.6 is 0 Å². The Morgan fingerprint density at radius 2 is 1.81 bits per heavy atom. The highest BCUT2D eigenvalue weighted by molar-refractivity contribution is 5.90. The highest BCUT2D eigenvalue weighted by Crippen LogP contribution is 2.34. The zero-order valence-electron chi connectivity index (χ0n) is 15.9. The number of anilines is 1. The molecule has 0 saturated carbocycles. The number of urea groups is 1. The van der Waals surface area contributed by atoms with E-state index in [-0.39, 0.29) is 12.1 Å². The molecule has 2 heterocycles. The standard InChI is InChI=1S/C23H25N3O/c1-3-17-10-5-7-12-19(17)24-23(27)26-16-18-11-6-8-13-21(18)25-15-9-14-22(25)20(26)4-2/h5-15,20H,3-4,16H2,1-2H3,(H,24,27)/t20-/m1/s1. The zero-order chi connectivity index (χ0) is 18.8. The van der Waals surface area contributed by atoms with Crippen LogP contribution in [0.2, 0.25) is 0 Å². The fourth-order valence-corrected chi connectivity index (χ4v) is 4.00. The van der Waals surface area contributed by atoms with Crippen LogP contribution in [-0.2, 0) is 13.0 Å². The minimum absolute atomic E-state index is 0.0289. The Kier molecular flexibility index (Phi) is 4.71. The molecule has 3 aromatic rings. The minimum atomic E-state index is -0.0489.